The number of benzene rings is 1. The summed E-state index contributed by atoms with van der Waals surface area (Å²) in [6.07, 6.45) is 3.63. The molecule has 0 amide bonds. The first-order chi connectivity index (χ1) is 8.50. The second kappa shape index (κ2) is 5.24. The fourth-order valence-electron chi connectivity index (χ4n) is 2.09. The molecule has 1 aromatic heterocycles. The summed E-state index contributed by atoms with van der Waals surface area (Å²) in [6.45, 7) is 2.07. The molecule has 1 atom stereocenters. The van der Waals surface area contributed by atoms with Gasteiger partial charge in [0, 0.05) is 29.0 Å². The van der Waals surface area contributed by atoms with Gasteiger partial charge in [-0.2, -0.15) is 5.10 Å². The van der Waals surface area contributed by atoms with Crippen molar-refractivity contribution < 1.29 is 0 Å². The molecule has 0 aliphatic heterocycles. The van der Waals surface area contributed by atoms with Crippen molar-refractivity contribution in [2.75, 3.05) is 0 Å². The van der Waals surface area contributed by atoms with E-state index >= 15 is 0 Å². The Morgan fingerprint density at radius 3 is 2.67 bits per heavy atom. The third kappa shape index (κ3) is 2.82. The minimum Gasteiger partial charge on any atom is -0.322 e. The summed E-state index contributed by atoms with van der Waals surface area (Å²) in [5.74, 6) is 0. The summed E-state index contributed by atoms with van der Waals surface area (Å²) in [5, 5.41) is 4.17. The van der Waals surface area contributed by atoms with E-state index in [1.54, 1.807) is 0 Å². The van der Waals surface area contributed by atoms with Gasteiger partial charge in [0.15, 0.2) is 0 Å². The summed E-state index contributed by atoms with van der Waals surface area (Å²) in [7, 11) is 1.96. The van der Waals surface area contributed by atoms with Crippen LogP contribution in [0.5, 0.6) is 0 Å². The molecule has 3 nitrogen and oxygen atoms in total. The van der Waals surface area contributed by atoms with Gasteiger partial charge in [-0.1, -0.05) is 34.1 Å². The minimum absolute atomic E-state index is 0.343. The van der Waals surface area contributed by atoms with Gasteiger partial charge in [0.05, 0.1) is 0 Å². The number of nitrogens with two attached hydrogens (primary N) is 1. The molecule has 2 rings (SSSR count). The number of aromatic nitrogens is 2. The Balaban J connectivity index is 2.13. The van der Waals surface area contributed by atoms with Crippen LogP contribution >= 0.6 is 15.9 Å². The van der Waals surface area contributed by atoms with Crippen LogP contribution in [0, 0.1) is 0 Å². The number of aryl methyl sites for hydroxylation is 2. The molecule has 0 aliphatic carbocycles. The summed E-state index contributed by atoms with van der Waals surface area (Å²) in [6, 6.07) is 10.2. The zero-order chi connectivity index (χ0) is 13.2. The van der Waals surface area contributed by atoms with E-state index < -0.39 is 0 Å². The second-order valence-electron chi connectivity index (χ2n) is 4.84. The van der Waals surface area contributed by atoms with Crippen LogP contribution in [0.1, 0.15) is 24.6 Å². The monoisotopic (exact) mass is 307 g/mol. The number of hydrogen-bond acceptors (Lipinski definition) is 2. The highest BCUT2D eigenvalue weighted by Crippen LogP contribution is 2.29. The highest BCUT2D eigenvalue weighted by atomic mass is 79.9. The molecule has 4 heteroatoms. The number of hydrogen-bond donors (Lipinski definition) is 1. The van der Waals surface area contributed by atoms with Gasteiger partial charge in [-0.15, -0.1) is 0 Å². The van der Waals surface area contributed by atoms with Crippen molar-refractivity contribution in [1.29, 1.82) is 0 Å². The van der Waals surface area contributed by atoms with E-state index in [9.17, 15) is 0 Å². The largest absolute Gasteiger partial charge is 0.322 e. The highest BCUT2D eigenvalue weighted by molar-refractivity contribution is 9.10. The predicted octanol–water partition coefficient (Wildman–Crippen LogP) is 2.99. The topological polar surface area (TPSA) is 43.8 Å². The van der Waals surface area contributed by atoms with Crippen molar-refractivity contribution in [3.63, 3.8) is 0 Å². The van der Waals surface area contributed by atoms with Crippen LogP contribution in [0.4, 0.5) is 0 Å². The van der Waals surface area contributed by atoms with Crippen LogP contribution in [0.2, 0.25) is 0 Å². The van der Waals surface area contributed by atoms with E-state index in [1.807, 2.05) is 42.2 Å². The molecule has 0 saturated heterocycles. The van der Waals surface area contributed by atoms with Gasteiger partial charge in [0.1, 0.15) is 0 Å². The van der Waals surface area contributed by atoms with Crippen molar-refractivity contribution in [1.82, 2.24) is 9.78 Å². The van der Waals surface area contributed by atoms with Crippen LogP contribution < -0.4 is 5.73 Å². The van der Waals surface area contributed by atoms with Gasteiger partial charge in [0.2, 0.25) is 0 Å². The molecular weight excluding hydrogens is 290 g/mol. The third-order valence-corrected chi connectivity index (χ3v) is 4.00. The Hall–Kier alpha value is -1.13. The Morgan fingerprint density at radius 2 is 2.06 bits per heavy atom. The summed E-state index contributed by atoms with van der Waals surface area (Å²) in [5.41, 5.74) is 8.46. The van der Waals surface area contributed by atoms with Gasteiger partial charge in [-0.05, 0) is 37.5 Å². The second-order valence-corrected chi connectivity index (χ2v) is 5.70. The first-order valence-corrected chi connectivity index (χ1v) is 6.81. The van der Waals surface area contributed by atoms with E-state index in [0.717, 1.165) is 22.9 Å². The van der Waals surface area contributed by atoms with E-state index in [0.29, 0.717) is 0 Å². The van der Waals surface area contributed by atoms with Crippen molar-refractivity contribution in [3.8, 4) is 0 Å². The van der Waals surface area contributed by atoms with Gasteiger partial charge in [-0.3, -0.25) is 4.68 Å². The lowest BCUT2D eigenvalue weighted by molar-refractivity contribution is 0.443. The quantitative estimate of drug-likeness (QED) is 0.943. The molecule has 0 saturated carbocycles. The normalized spacial score (nSPS) is 14.4. The van der Waals surface area contributed by atoms with Crippen LogP contribution in [0.25, 0.3) is 0 Å². The summed E-state index contributed by atoms with van der Waals surface area (Å²) >= 11 is 3.57. The van der Waals surface area contributed by atoms with Crippen LogP contribution in [-0.2, 0) is 19.0 Å². The maximum absolute atomic E-state index is 6.45. The predicted molar refractivity (Wildman–Crippen MR) is 77.2 cm³/mol. The maximum Gasteiger partial charge on any atom is 0.0492 e. The lowest BCUT2D eigenvalue weighted by atomic mass is 9.88. The molecule has 0 spiro atoms. The molecule has 2 aromatic rings. The van der Waals surface area contributed by atoms with Crippen LogP contribution in [0.15, 0.2) is 41.0 Å². The lowest BCUT2D eigenvalue weighted by Gasteiger charge is -2.26. The first-order valence-electron chi connectivity index (χ1n) is 6.01. The average Bonchev–Trinajstić information content (AvgIpc) is 2.73. The third-order valence-electron chi connectivity index (χ3n) is 3.31. The minimum atomic E-state index is -0.343. The molecule has 1 heterocycles. The molecule has 96 valence electrons. The van der Waals surface area contributed by atoms with Crippen LogP contribution in [0.3, 0.4) is 0 Å². The first kappa shape index (κ1) is 13.3. The maximum atomic E-state index is 6.45. The summed E-state index contributed by atoms with van der Waals surface area (Å²) in [4.78, 5) is 0. The van der Waals surface area contributed by atoms with Crippen molar-refractivity contribution in [3.05, 3.63) is 52.3 Å². The fourth-order valence-corrected chi connectivity index (χ4v) is 2.83. The summed E-state index contributed by atoms with van der Waals surface area (Å²) < 4.78 is 2.97. The number of halogens is 1. The van der Waals surface area contributed by atoms with E-state index in [1.165, 1.54) is 5.69 Å². The van der Waals surface area contributed by atoms with Gasteiger partial charge in [-0.25, -0.2) is 0 Å². The average molecular weight is 308 g/mol. The van der Waals surface area contributed by atoms with Crippen molar-refractivity contribution in [2.45, 2.75) is 25.3 Å². The molecule has 1 unspecified atom stereocenters. The Kier molecular flexibility index (Phi) is 3.88. The Labute approximate surface area is 116 Å². The molecule has 18 heavy (non-hydrogen) atoms. The molecule has 0 aliphatic rings. The molecular formula is C14H18BrN3. The van der Waals surface area contributed by atoms with Crippen molar-refractivity contribution in [2.24, 2.45) is 12.8 Å². The van der Waals surface area contributed by atoms with E-state index in [2.05, 4.69) is 34.0 Å². The SMILES string of the molecule is Cn1nccc1CCC(C)(N)c1ccccc1Br. The Morgan fingerprint density at radius 1 is 1.33 bits per heavy atom. The van der Waals surface area contributed by atoms with E-state index in [4.69, 9.17) is 5.73 Å². The number of rotatable bonds is 4. The van der Waals surface area contributed by atoms with E-state index in [-0.39, 0.29) is 5.54 Å². The zero-order valence-electron chi connectivity index (χ0n) is 10.7. The molecule has 0 bridgehead atoms. The van der Waals surface area contributed by atoms with Gasteiger partial charge >= 0.3 is 0 Å². The van der Waals surface area contributed by atoms with Gasteiger partial charge < -0.3 is 5.73 Å². The smallest absolute Gasteiger partial charge is 0.0492 e. The van der Waals surface area contributed by atoms with Crippen molar-refractivity contribution >= 4 is 15.9 Å². The van der Waals surface area contributed by atoms with Gasteiger partial charge in [0.25, 0.3) is 0 Å². The molecule has 0 radical (unpaired) electrons. The molecule has 2 N–H and O–H groups in total. The Bertz CT molecular complexity index is 531. The number of nitrogens with zero attached hydrogens (tertiary/aromatic N) is 2. The standard InChI is InChI=1S/C14H18BrN3/c1-14(16,12-5-3-4-6-13(12)15)9-7-11-8-10-17-18(11)2/h3-6,8,10H,7,9,16H2,1-2H3. The fraction of sp³-hybridized carbons (Fsp3) is 0.357. The lowest BCUT2D eigenvalue weighted by Crippen LogP contribution is -2.34. The zero-order valence-corrected chi connectivity index (χ0v) is 12.3. The van der Waals surface area contributed by atoms with Crippen LogP contribution in [-0.4, -0.2) is 9.78 Å². The molecule has 0 fully saturated rings. The highest BCUT2D eigenvalue weighted by Gasteiger charge is 2.23. The molecule has 1 aromatic carbocycles.